The summed E-state index contributed by atoms with van der Waals surface area (Å²) >= 11 is 1.55. The van der Waals surface area contributed by atoms with Gasteiger partial charge in [0.2, 0.25) is 0 Å². The lowest BCUT2D eigenvalue weighted by Crippen LogP contribution is -2.40. The Balaban J connectivity index is 1.07. The fourth-order valence-corrected chi connectivity index (χ4v) is 6.65. The quantitative estimate of drug-likeness (QED) is 0.221. The molecule has 48 heavy (non-hydrogen) atoms. The maximum absolute atomic E-state index is 15.4. The van der Waals surface area contributed by atoms with Crippen LogP contribution in [0.3, 0.4) is 0 Å². The third kappa shape index (κ3) is 6.35. The molecule has 3 aromatic carbocycles. The van der Waals surface area contributed by atoms with E-state index in [1.807, 2.05) is 36.4 Å². The van der Waals surface area contributed by atoms with Crippen LogP contribution in [0.5, 0.6) is 0 Å². The average molecular weight is 664 g/mol. The fraction of sp³-hybridized carbons (Fsp3) is 0.139. The number of thiophene rings is 1. The van der Waals surface area contributed by atoms with Crippen molar-refractivity contribution in [1.82, 2.24) is 19.7 Å². The van der Waals surface area contributed by atoms with E-state index in [9.17, 15) is 18.8 Å². The predicted octanol–water partition coefficient (Wildman–Crippen LogP) is 6.10. The Bertz CT molecular complexity index is 2210. The van der Waals surface area contributed by atoms with E-state index in [2.05, 4.69) is 15.4 Å². The van der Waals surface area contributed by atoms with Crippen LogP contribution in [-0.2, 0) is 11.2 Å². The molecule has 0 spiro atoms. The molecule has 0 saturated carbocycles. The number of hydrogen-bond donors (Lipinski definition) is 1. The highest BCUT2D eigenvalue weighted by atomic mass is 32.1. The van der Waals surface area contributed by atoms with E-state index in [1.54, 1.807) is 34.6 Å². The maximum Gasteiger partial charge on any atom is 0.284 e. The summed E-state index contributed by atoms with van der Waals surface area (Å²) in [6.07, 6.45) is 3.27. The van der Waals surface area contributed by atoms with Crippen LogP contribution < -0.4 is 10.9 Å². The minimum atomic E-state index is -0.731. The molecule has 0 bridgehead atoms. The molecule has 1 N–H and O–H groups in total. The lowest BCUT2D eigenvalue weighted by Gasteiger charge is -2.26. The first-order chi connectivity index (χ1) is 23.3. The maximum atomic E-state index is 15.4. The zero-order chi connectivity index (χ0) is 33.2. The number of benzene rings is 3. The number of nitrogens with zero attached hydrogens (tertiary/aromatic N) is 4. The molecule has 1 aliphatic rings. The molecular formula is C36H27F2N5O4S. The molecule has 0 unspecified atom stereocenters. The highest BCUT2D eigenvalue weighted by molar-refractivity contribution is 7.22. The van der Waals surface area contributed by atoms with E-state index < -0.39 is 23.1 Å². The number of pyridine rings is 1. The second-order valence-corrected chi connectivity index (χ2v) is 12.2. The summed E-state index contributed by atoms with van der Waals surface area (Å²) in [5.41, 5.74) is 3.24. The number of fused-ring (bicyclic) bond motifs is 1. The van der Waals surface area contributed by atoms with Gasteiger partial charge < -0.3 is 15.0 Å². The number of morpholine rings is 1. The van der Waals surface area contributed by atoms with Gasteiger partial charge in [-0.2, -0.15) is 9.78 Å². The molecular weight excluding hydrogens is 636 g/mol. The predicted molar refractivity (Wildman–Crippen MR) is 179 cm³/mol. The van der Waals surface area contributed by atoms with Crippen LogP contribution in [0.2, 0.25) is 0 Å². The first kappa shape index (κ1) is 31.0. The van der Waals surface area contributed by atoms with E-state index >= 15 is 4.39 Å². The van der Waals surface area contributed by atoms with Crippen molar-refractivity contribution in [3.63, 3.8) is 0 Å². The Morgan fingerprint density at radius 1 is 0.875 bits per heavy atom. The number of amides is 2. The molecule has 3 aromatic heterocycles. The van der Waals surface area contributed by atoms with Gasteiger partial charge in [0.25, 0.3) is 17.4 Å². The van der Waals surface area contributed by atoms with Crippen molar-refractivity contribution in [1.29, 1.82) is 0 Å². The summed E-state index contributed by atoms with van der Waals surface area (Å²) in [5.74, 6) is -1.74. The van der Waals surface area contributed by atoms with E-state index in [-0.39, 0.29) is 17.2 Å². The zero-order valence-electron chi connectivity index (χ0n) is 25.4. The molecule has 1 saturated heterocycles. The molecule has 7 rings (SSSR count). The second kappa shape index (κ2) is 13.3. The van der Waals surface area contributed by atoms with E-state index in [0.29, 0.717) is 49.5 Å². The van der Waals surface area contributed by atoms with Gasteiger partial charge in [-0.1, -0.05) is 18.2 Å². The van der Waals surface area contributed by atoms with Crippen molar-refractivity contribution in [3.8, 4) is 16.1 Å². The molecule has 0 aliphatic carbocycles. The molecule has 12 heteroatoms. The number of nitrogens with one attached hydrogen (secondary N) is 1. The van der Waals surface area contributed by atoms with Crippen LogP contribution in [0.15, 0.2) is 102 Å². The lowest BCUT2D eigenvalue weighted by molar-refractivity contribution is 0.0303. The largest absolute Gasteiger partial charge is 0.378 e. The minimum absolute atomic E-state index is 0.0136. The fourth-order valence-electron chi connectivity index (χ4n) is 5.52. The number of carbonyl (C=O) groups is 2. The molecule has 4 heterocycles. The van der Waals surface area contributed by atoms with Crippen molar-refractivity contribution < 1.29 is 23.1 Å². The highest BCUT2D eigenvalue weighted by Crippen LogP contribution is 2.35. The molecule has 0 radical (unpaired) electrons. The number of carbonyl (C=O) groups excluding carboxylic acids is 2. The first-order valence-corrected chi connectivity index (χ1v) is 15.9. The molecule has 9 nitrogen and oxygen atoms in total. The van der Waals surface area contributed by atoms with Crippen molar-refractivity contribution in [2.75, 3.05) is 31.6 Å². The van der Waals surface area contributed by atoms with Crippen LogP contribution >= 0.6 is 11.3 Å². The van der Waals surface area contributed by atoms with Gasteiger partial charge in [0.1, 0.15) is 17.2 Å². The summed E-state index contributed by atoms with van der Waals surface area (Å²) in [5, 5.41) is 6.56. The van der Waals surface area contributed by atoms with Crippen LogP contribution in [0.25, 0.3) is 26.3 Å². The number of anilines is 1. The van der Waals surface area contributed by atoms with Crippen molar-refractivity contribution in [2.24, 2.45) is 0 Å². The Hall–Kier alpha value is -5.59. The van der Waals surface area contributed by atoms with Gasteiger partial charge in [0.05, 0.1) is 29.1 Å². The standard InChI is InChI=1S/C36H27F2N5O4S/c37-26-6-9-28(10-7-26)43-36(46)29(12-14-40-43)34(44)41-27-8-5-24(30(38)20-27)19-25-11-13-39-31-21-32(48-33(25)31)22-1-3-23(4-2-22)35(45)42-15-17-47-18-16-42/h1-14,20-21H,15-19H2,(H,41,44). The van der Waals surface area contributed by atoms with E-state index in [0.717, 1.165) is 30.9 Å². The van der Waals surface area contributed by atoms with Gasteiger partial charge in [0, 0.05) is 48.0 Å². The summed E-state index contributed by atoms with van der Waals surface area (Å²) < 4.78 is 36.0. The smallest absolute Gasteiger partial charge is 0.284 e. The van der Waals surface area contributed by atoms with Gasteiger partial charge in [0.15, 0.2) is 0 Å². The monoisotopic (exact) mass is 663 g/mol. The zero-order valence-corrected chi connectivity index (χ0v) is 26.2. The van der Waals surface area contributed by atoms with Crippen molar-refractivity contribution in [2.45, 2.75) is 6.42 Å². The number of halogens is 2. The molecule has 240 valence electrons. The number of rotatable bonds is 7. The van der Waals surface area contributed by atoms with Crippen molar-refractivity contribution >= 4 is 39.1 Å². The molecule has 0 atom stereocenters. The normalized spacial score (nSPS) is 13.1. The average Bonchev–Trinajstić information content (AvgIpc) is 3.56. The van der Waals surface area contributed by atoms with Gasteiger partial charge in [-0.3, -0.25) is 19.4 Å². The number of hydrogen-bond acceptors (Lipinski definition) is 7. The Kier molecular flexibility index (Phi) is 8.57. The Morgan fingerprint density at radius 3 is 2.40 bits per heavy atom. The lowest BCUT2D eigenvalue weighted by atomic mass is 10.0. The topological polar surface area (TPSA) is 106 Å². The van der Waals surface area contributed by atoms with E-state index in [1.165, 1.54) is 42.6 Å². The highest BCUT2D eigenvalue weighted by Gasteiger charge is 2.19. The van der Waals surface area contributed by atoms with Crippen LogP contribution in [-0.4, -0.2) is 57.8 Å². The molecule has 6 aromatic rings. The number of ether oxygens (including phenoxy) is 1. The minimum Gasteiger partial charge on any atom is -0.378 e. The Morgan fingerprint density at radius 2 is 1.65 bits per heavy atom. The summed E-state index contributed by atoms with van der Waals surface area (Å²) in [6, 6.07) is 22.1. The summed E-state index contributed by atoms with van der Waals surface area (Å²) in [7, 11) is 0. The molecule has 1 fully saturated rings. The molecule has 1 aliphatic heterocycles. The van der Waals surface area contributed by atoms with Crippen LogP contribution in [0, 0.1) is 11.6 Å². The third-order valence-electron chi connectivity index (χ3n) is 8.06. The molecule has 2 amide bonds. The second-order valence-electron chi connectivity index (χ2n) is 11.2. The first-order valence-electron chi connectivity index (χ1n) is 15.1. The van der Waals surface area contributed by atoms with Crippen LogP contribution in [0.1, 0.15) is 31.8 Å². The van der Waals surface area contributed by atoms with Crippen LogP contribution in [0.4, 0.5) is 14.5 Å². The third-order valence-corrected chi connectivity index (χ3v) is 9.31. The van der Waals surface area contributed by atoms with Gasteiger partial charge in [-0.15, -0.1) is 11.3 Å². The Labute approximate surface area is 277 Å². The van der Waals surface area contributed by atoms with Gasteiger partial charge in [-0.25, -0.2) is 8.78 Å². The van der Waals surface area contributed by atoms with E-state index in [4.69, 9.17) is 4.74 Å². The van der Waals surface area contributed by atoms with Crippen molar-refractivity contribution in [3.05, 3.63) is 142 Å². The summed E-state index contributed by atoms with van der Waals surface area (Å²) in [4.78, 5) is 46.1. The number of aromatic nitrogens is 3. The van der Waals surface area contributed by atoms with Gasteiger partial charge >= 0.3 is 0 Å². The van der Waals surface area contributed by atoms with Gasteiger partial charge in [-0.05, 0) is 83.4 Å². The SMILES string of the molecule is O=C(Nc1ccc(Cc2ccnc3cc(-c4ccc(C(=O)N5CCOCC5)cc4)sc23)c(F)c1)c1ccnn(-c2ccc(F)cc2)c1=O. The summed E-state index contributed by atoms with van der Waals surface area (Å²) in [6.45, 7) is 2.25.